The Bertz CT molecular complexity index is 874. The lowest BCUT2D eigenvalue weighted by molar-refractivity contribution is -0.471. The zero-order valence-electron chi connectivity index (χ0n) is 16.8. The van der Waals surface area contributed by atoms with Crippen molar-refractivity contribution < 1.29 is 14.3 Å². The first-order chi connectivity index (χ1) is 14.0. The molecule has 29 heavy (non-hydrogen) atoms. The van der Waals surface area contributed by atoms with E-state index in [0.717, 1.165) is 28.8 Å². The smallest absolute Gasteiger partial charge is 0.391 e. The molecule has 1 aliphatic carbocycles. The second-order valence-corrected chi connectivity index (χ2v) is 6.87. The molecule has 1 atom stereocenters. The van der Waals surface area contributed by atoms with Crippen molar-refractivity contribution in [2.75, 3.05) is 13.7 Å². The molecular formula is C21H27ClN5O2+. The van der Waals surface area contributed by atoms with Gasteiger partial charge in [-0.2, -0.15) is 0 Å². The predicted molar refractivity (Wildman–Crippen MR) is 116 cm³/mol. The normalized spacial score (nSPS) is 15.5. The average molecular weight is 417 g/mol. The molecule has 1 aliphatic rings. The lowest BCUT2D eigenvalue weighted by Gasteiger charge is -2.16. The summed E-state index contributed by atoms with van der Waals surface area (Å²) in [6, 6.07) is 5.42. The van der Waals surface area contributed by atoms with Crippen LogP contribution < -0.4 is 11.2 Å². The van der Waals surface area contributed by atoms with Gasteiger partial charge < -0.3 is 4.84 Å². The molecule has 1 unspecified atom stereocenters. The largest absolute Gasteiger partial charge is 0.455 e. The molecule has 0 aliphatic heterocycles. The summed E-state index contributed by atoms with van der Waals surface area (Å²) in [7, 11) is 1.45. The Labute approximate surface area is 176 Å². The van der Waals surface area contributed by atoms with Gasteiger partial charge in [-0.1, -0.05) is 47.1 Å². The number of benzene rings is 1. The van der Waals surface area contributed by atoms with Crippen LogP contribution in [0, 0.1) is 0 Å². The number of allylic oxidation sites excluding steroid dienone is 1. The SMILES string of the molecule is C=CCC(NC(=O)/[N+](C)=N\N)/C(=C/Cl)CON=C(C)c1ccc2c(c1)C=CCC2. The zero-order chi connectivity index (χ0) is 21.2. The van der Waals surface area contributed by atoms with Gasteiger partial charge in [-0.15, -0.1) is 11.3 Å². The number of fused-ring (bicyclic) bond motifs is 1. The summed E-state index contributed by atoms with van der Waals surface area (Å²) in [5.41, 5.74) is 6.33. The maximum atomic E-state index is 12.0. The van der Waals surface area contributed by atoms with E-state index < -0.39 is 12.1 Å². The molecule has 0 fully saturated rings. The third kappa shape index (κ3) is 6.29. The Hall–Kier alpha value is -2.93. The number of hydrogen-bond acceptors (Lipinski definition) is 4. The molecule has 7 nitrogen and oxygen atoms in total. The van der Waals surface area contributed by atoms with E-state index in [1.807, 2.05) is 13.0 Å². The minimum Gasteiger partial charge on any atom is -0.391 e. The number of rotatable bonds is 8. The number of nitrogens with two attached hydrogens (primary N) is 1. The minimum atomic E-state index is -0.461. The van der Waals surface area contributed by atoms with Crippen LogP contribution in [0.4, 0.5) is 4.79 Å². The van der Waals surface area contributed by atoms with E-state index in [-0.39, 0.29) is 6.61 Å². The fraction of sp³-hybridized carbons (Fsp3) is 0.333. The summed E-state index contributed by atoms with van der Waals surface area (Å²) >= 11 is 5.96. The first kappa shape index (κ1) is 22.4. The summed E-state index contributed by atoms with van der Waals surface area (Å²) in [4.78, 5) is 17.5. The van der Waals surface area contributed by atoms with Crippen LogP contribution in [0.15, 0.2) is 58.4 Å². The summed E-state index contributed by atoms with van der Waals surface area (Å²) in [5, 5.41) is 10.3. The lowest BCUT2D eigenvalue weighted by Crippen LogP contribution is -2.40. The Kier molecular flexibility index (Phi) is 8.61. The highest BCUT2D eigenvalue weighted by Crippen LogP contribution is 2.21. The average Bonchev–Trinajstić information content (AvgIpc) is 2.75. The third-order valence-electron chi connectivity index (χ3n) is 4.63. The van der Waals surface area contributed by atoms with Crippen LogP contribution in [0.2, 0.25) is 0 Å². The number of amides is 2. The number of hydrogen-bond donors (Lipinski definition) is 2. The van der Waals surface area contributed by atoms with E-state index in [9.17, 15) is 4.79 Å². The van der Waals surface area contributed by atoms with Gasteiger partial charge in [0.1, 0.15) is 12.6 Å². The summed E-state index contributed by atoms with van der Waals surface area (Å²) in [6.07, 6.45) is 8.60. The molecule has 1 aromatic carbocycles. The molecule has 2 rings (SSSR count). The predicted octanol–water partition coefficient (Wildman–Crippen LogP) is 4.13. The van der Waals surface area contributed by atoms with Crippen molar-refractivity contribution in [3.63, 3.8) is 0 Å². The van der Waals surface area contributed by atoms with Gasteiger partial charge in [0.25, 0.3) is 0 Å². The standard InChI is InChI=1S/C21H26ClN5O2/c1-4-7-20(24-21(28)27(3)26-23)19(13-22)14-29-25-15(2)17-11-10-16-8-5-6-9-18(16)12-17/h4,6,9-13,20,23H,1,5,7-8,14H2,2-3H3,(H,24,28)/p+1/b19-13+,25-15?. The molecule has 0 aromatic heterocycles. The van der Waals surface area contributed by atoms with Crippen molar-refractivity contribution in [1.29, 1.82) is 0 Å². The van der Waals surface area contributed by atoms with Gasteiger partial charge in [0, 0.05) is 22.8 Å². The van der Waals surface area contributed by atoms with E-state index in [1.165, 1.54) is 23.7 Å². The number of nitrogens with one attached hydrogen (secondary N) is 1. The quantitative estimate of drug-likeness (QED) is 0.167. The molecule has 0 bridgehead atoms. The number of oxime groups is 1. The molecule has 0 saturated carbocycles. The van der Waals surface area contributed by atoms with Crippen molar-refractivity contribution in [1.82, 2.24) is 5.32 Å². The highest BCUT2D eigenvalue weighted by Gasteiger charge is 2.22. The molecule has 154 valence electrons. The molecule has 8 heteroatoms. The van der Waals surface area contributed by atoms with Crippen LogP contribution in [0.5, 0.6) is 0 Å². The van der Waals surface area contributed by atoms with Gasteiger partial charge in [0.05, 0.1) is 12.8 Å². The van der Waals surface area contributed by atoms with Crippen LogP contribution >= 0.6 is 11.6 Å². The molecule has 1 aromatic rings. The number of halogens is 1. The Morgan fingerprint density at radius 1 is 1.52 bits per heavy atom. The molecular weight excluding hydrogens is 390 g/mol. The van der Waals surface area contributed by atoms with Crippen molar-refractivity contribution >= 4 is 29.4 Å². The monoisotopic (exact) mass is 416 g/mol. The second kappa shape index (κ2) is 11.2. The number of aryl methyl sites for hydroxylation is 1. The fourth-order valence-electron chi connectivity index (χ4n) is 2.88. The third-order valence-corrected chi connectivity index (χ3v) is 4.91. The van der Waals surface area contributed by atoms with Crippen LogP contribution in [0.25, 0.3) is 6.08 Å². The maximum Gasteiger partial charge on any atom is 0.455 e. The van der Waals surface area contributed by atoms with Gasteiger partial charge in [-0.25, -0.2) is 10.6 Å². The first-order valence-electron chi connectivity index (χ1n) is 9.31. The van der Waals surface area contributed by atoms with E-state index in [0.29, 0.717) is 12.0 Å². The van der Waals surface area contributed by atoms with E-state index in [2.05, 4.69) is 46.6 Å². The summed E-state index contributed by atoms with van der Waals surface area (Å²) in [6.45, 7) is 5.72. The van der Waals surface area contributed by atoms with Crippen molar-refractivity contribution in [3.8, 4) is 0 Å². The van der Waals surface area contributed by atoms with Gasteiger partial charge in [-0.05, 0) is 42.5 Å². The van der Waals surface area contributed by atoms with Crippen molar-refractivity contribution in [2.24, 2.45) is 16.2 Å². The maximum absolute atomic E-state index is 12.0. The highest BCUT2D eigenvalue weighted by atomic mass is 35.5. The fourth-order valence-corrected chi connectivity index (χ4v) is 3.10. The van der Waals surface area contributed by atoms with Crippen molar-refractivity contribution in [2.45, 2.75) is 32.2 Å². The molecule has 0 radical (unpaired) electrons. The number of carbonyl (C=O) groups excluding carboxylic acids is 1. The summed E-state index contributed by atoms with van der Waals surface area (Å²) < 4.78 is 0.996. The number of carbonyl (C=O) groups is 1. The van der Waals surface area contributed by atoms with Crippen molar-refractivity contribution in [3.05, 3.63) is 64.7 Å². The second-order valence-electron chi connectivity index (χ2n) is 6.65. The Morgan fingerprint density at radius 3 is 3.00 bits per heavy atom. The molecule has 2 amide bonds. The van der Waals surface area contributed by atoms with E-state index in [1.54, 1.807) is 6.08 Å². The minimum absolute atomic E-state index is 0.119. The van der Waals surface area contributed by atoms with E-state index in [4.69, 9.17) is 22.3 Å². The lowest BCUT2D eigenvalue weighted by atomic mass is 9.94. The molecule has 0 spiro atoms. The molecule has 0 saturated heterocycles. The molecule has 3 N–H and O–H groups in total. The van der Waals surface area contributed by atoms with Crippen LogP contribution in [0.3, 0.4) is 0 Å². The van der Waals surface area contributed by atoms with Crippen LogP contribution in [-0.4, -0.2) is 36.1 Å². The van der Waals surface area contributed by atoms with Crippen LogP contribution in [0.1, 0.15) is 36.5 Å². The van der Waals surface area contributed by atoms with Gasteiger partial charge in [0.2, 0.25) is 0 Å². The molecule has 0 heterocycles. The Balaban J connectivity index is 2.04. The van der Waals surface area contributed by atoms with Gasteiger partial charge >= 0.3 is 6.03 Å². The van der Waals surface area contributed by atoms with E-state index >= 15 is 0 Å². The highest BCUT2D eigenvalue weighted by molar-refractivity contribution is 6.25. The number of urea groups is 1. The van der Waals surface area contributed by atoms with Gasteiger partial charge in [0.15, 0.2) is 0 Å². The summed E-state index contributed by atoms with van der Waals surface area (Å²) in [5.74, 6) is 5.13. The Morgan fingerprint density at radius 2 is 2.31 bits per heavy atom. The topological polar surface area (TPSA) is 92.1 Å². The number of nitrogens with zero attached hydrogens (tertiary/aromatic N) is 3. The zero-order valence-corrected chi connectivity index (χ0v) is 17.5. The van der Waals surface area contributed by atoms with Gasteiger partial charge in [-0.3, -0.25) is 5.32 Å². The van der Waals surface area contributed by atoms with Crippen LogP contribution in [-0.2, 0) is 11.3 Å². The first-order valence-corrected chi connectivity index (χ1v) is 9.75.